The van der Waals surface area contributed by atoms with E-state index in [4.69, 9.17) is 4.74 Å². The van der Waals surface area contributed by atoms with E-state index >= 15 is 0 Å². The van der Waals surface area contributed by atoms with E-state index in [0.717, 1.165) is 13.0 Å². The van der Waals surface area contributed by atoms with Gasteiger partial charge in [0.15, 0.2) is 0 Å². The number of hydrogen-bond donors (Lipinski definition) is 2. The number of carbonyl (C=O) groups is 1. The van der Waals surface area contributed by atoms with Gasteiger partial charge < -0.3 is 15.4 Å². The van der Waals surface area contributed by atoms with Crippen molar-refractivity contribution in [3.8, 4) is 0 Å². The van der Waals surface area contributed by atoms with Crippen LogP contribution in [0, 0.1) is 0 Å². The molecule has 0 heterocycles. The fraction of sp³-hybridized carbons (Fsp3) is 0.929. The monoisotopic (exact) mass is 290 g/mol. The molecular formula is C14H30N2O2S. The van der Waals surface area contributed by atoms with Crippen molar-refractivity contribution in [3.05, 3.63) is 0 Å². The first-order valence-corrected chi connectivity index (χ1v) is 8.26. The fourth-order valence-corrected chi connectivity index (χ4v) is 1.96. The topological polar surface area (TPSA) is 50.4 Å². The maximum absolute atomic E-state index is 11.6. The Kier molecular flexibility index (Phi) is 8.50. The highest BCUT2D eigenvalue weighted by Gasteiger charge is 2.20. The maximum atomic E-state index is 11.6. The molecule has 0 fully saturated rings. The van der Waals surface area contributed by atoms with E-state index < -0.39 is 5.60 Å². The Morgan fingerprint density at radius 3 is 2.32 bits per heavy atom. The molecule has 5 heteroatoms. The highest BCUT2D eigenvalue weighted by molar-refractivity contribution is 7.98. The molecule has 0 aliphatic carbocycles. The predicted octanol–water partition coefficient (Wildman–Crippen LogP) is 3.02. The van der Waals surface area contributed by atoms with Crippen LogP contribution in [0.2, 0.25) is 0 Å². The molecule has 0 spiro atoms. The van der Waals surface area contributed by atoms with Crippen molar-refractivity contribution in [1.29, 1.82) is 0 Å². The number of rotatable bonds is 8. The molecule has 0 radical (unpaired) electrons. The molecule has 0 saturated carbocycles. The zero-order chi connectivity index (χ0) is 14.9. The number of ether oxygens (including phenoxy) is 1. The number of nitrogens with one attached hydrogen (secondary N) is 2. The highest BCUT2D eigenvalue weighted by Crippen LogP contribution is 2.07. The van der Waals surface area contributed by atoms with Gasteiger partial charge in [-0.2, -0.15) is 11.8 Å². The molecular weight excluding hydrogens is 260 g/mol. The van der Waals surface area contributed by atoms with Crippen LogP contribution in [0.3, 0.4) is 0 Å². The molecule has 0 aliphatic rings. The number of unbranched alkanes of at least 4 members (excludes halogenated alkanes) is 1. The summed E-state index contributed by atoms with van der Waals surface area (Å²) in [5, 5.41) is 6.26. The molecule has 114 valence electrons. The van der Waals surface area contributed by atoms with Gasteiger partial charge in [0, 0.05) is 12.1 Å². The summed E-state index contributed by atoms with van der Waals surface area (Å²) in [6.07, 6.45) is 4.16. The first-order chi connectivity index (χ1) is 8.66. The normalized spacial score (nSPS) is 12.3. The Morgan fingerprint density at radius 2 is 1.79 bits per heavy atom. The van der Waals surface area contributed by atoms with Crippen LogP contribution in [0.5, 0.6) is 0 Å². The predicted molar refractivity (Wildman–Crippen MR) is 83.9 cm³/mol. The Labute approximate surface area is 122 Å². The molecule has 0 aliphatic heterocycles. The van der Waals surface area contributed by atoms with E-state index in [1.54, 1.807) is 0 Å². The van der Waals surface area contributed by atoms with E-state index in [1.165, 1.54) is 12.2 Å². The van der Waals surface area contributed by atoms with Crippen molar-refractivity contribution in [3.63, 3.8) is 0 Å². The lowest BCUT2D eigenvalue weighted by molar-refractivity contribution is 0.0513. The van der Waals surface area contributed by atoms with Crippen LogP contribution in [0.25, 0.3) is 0 Å². The zero-order valence-electron chi connectivity index (χ0n) is 13.3. The van der Waals surface area contributed by atoms with Crippen molar-refractivity contribution >= 4 is 17.9 Å². The molecule has 0 rings (SSSR count). The lowest BCUT2D eigenvalue weighted by atomic mass is 10.1. The first-order valence-electron chi connectivity index (χ1n) is 6.87. The lowest BCUT2D eigenvalue weighted by Gasteiger charge is -2.28. The molecule has 0 saturated heterocycles. The van der Waals surface area contributed by atoms with Crippen LogP contribution in [-0.2, 0) is 4.74 Å². The van der Waals surface area contributed by atoms with Crippen molar-refractivity contribution in [2.45, 2.75) is 58.6 Å². The van der Waals surface area contributed by atoms with Gasteiger partial charge in [0.05, 0.1) is 0 Å². The molecule has 0 unspecified atom stereocenters. The van der Waals surface area contributed by atoms with E-state index in [0.29, 0.717) is 6.54 Å². The van der Waals surface area contributed by atoms with Crippen LogP contribution in [0.1, 0.15) is 47.5 Å². The fourth-order valence-electron chi connectivity index (χ4n) is 1.47. The van der Waals surface area contributed by atoms with Crippen LogP contribution in [0.4, 0.5) is 4.79 Å². The van der Waals surface area contributed by atoms with E-state index in [1.807, 2.05) is 32.5 Å². The van der Waals surface area contributed by atoms with Crippen molar-refractivity contribution in [1.82, 2.24) is 10.6 Å². The van der Waals surface area contributed by atoms with Gasteiger partial charge in [-0.05, 0) is 66.0 Å². The number of carbonyl (C=O) groups excluding carboxylic acids is 1. The summed E-state index contributed by atoms with van der Waals surface area (Å²) in [6, 6.07) is 0. The second-order valence-corrected chi connectivity index (χ2v) is 7.35. The SMILES string of the molecule is CSCCCCNC(C)(C)CNC(=O)OC(C)(C)C. The van der Waals surface area contributed by atoms with Crippen molar-refractivity contribution in [2.24, 2.45) is 0 Å². The smallest absolute Gasteiger partial charge is 0.407 e. The quantitative estimate of drug-likeness (QED) is 0.675. The first kappa shape index (κ1) is 18.6. The summed E-state index contributed by atoms with van der Waals surface area (Å²) in [5.41, 5.74) is -0.560. The summed E-state index contributed by atoms with van der Waals surface area (Å²) in [4.78, 5) is 11.6. The van der Waals surface area contributed by atoms with Gasteiger partial charge >= 0.3 is 6.09 Å². The molecule has 0 bridgehead atoms. The molecule has 1 amide bonds. The largest absolute Gasteiger partial charge is 0.444 e. The molecule has 0 aromatic heterocycles. The maximum Gasteiger partial charge on any atom is 0.407 e. The van der Waals surface area contributed by atoms with Gasteiger partial charge in [-0.1, -0.05) is 0 Å². The van der Waals surface area contributed by atoms with E-state index in [-0.39, 0.29) is 11.6 Å². The van der Waals surface area contributed by atoms with Crippen LogP contribution < -0.4 is 10.6 Å². The van der Waals surface area contributed by atoms with Crippen molar-refractivity contribution < 1.29 is 9.53 Å². The molecule has 0 aromatic rings. The van der Waals surface area contributed by atoms with Gasteiger partial charge in [0.25, 0.3) is 0 Å². The average molecular weight is 290 g/mol. The number of hydrogen-bond acceptors (Lipinski definition) is 4. The minimum atomic E-state index is -0.445. The second kappa shape index (κ2) is 8.69. The van der Waals surface area contributed by atoms with Crippen LogP contribution >= 0.6 is 11.8 Å². The van der Waals surface area contributed by atoms with Gasteiger partial charge in [-0.15, -0.1) is 0 Å². The Morgan fingerprint density at radius 1 is 1.16 bits per heavy atom. The van der Waals surface area contributed by atoms with Gasteiger partial charge in [-0.3, -0.25) is 0 Å². The molecule has 19 heavy (non-hydrogen) atoms. The summed E-state index contributed by atoms with van der Waals surface area (Å²) >= 11 is 1.88. The van der Waals surface area contributed by atoms with Gasteiger partial charge in [0.1, 0.15) is 5.60 Å². The number of amides is 1. The average Bonchev–Trinajstić information content (AvgIpc) is 2.24. The third kappa shape index (κ3) is 12.4. The Bertz CT molecular complexity index is 263. The molecule has 2 N–H and O–H groups in total. The van der Waals surface area contributed by atoms with Crippen LogP contribution in [-0.4, -0.2) is 42.3 Å². The van der Waals surface area contributed by atoms with Gasteiger partial charge in [-0.25, -0.2) is 4.79 Å². The van der Waals surface area contributed by atoms with E-state index in [2.05, 4.69) is 30.7 Å². The Hall–Kier alpha value is -0.420. The molecule has 0 atom stereocenters. The van der Waals surface area contributed by atoms with Crippen molar-refractivity contribution in [2.75, 3.05) is 25.1 Å². The van der Waals surface area contributed by atoms with Crippen LogP contribution in [0.15, 0.2) is 0 Å². The zero-order valence-corrected chi connectivity index (χ0v) is 14.1. The Balaban J connectivity index is 3.80. The molecule has 4 nitrogen and oxygen atoms in total. The van der Waals surface area contributed by atoms with E-state index in [9.17, 15) is 4.79 Å². The number of alkyl carbamates (subject to hydrolysis) is 1. The summed E-state index contributed by atoms with van der Waals surface area (Å²) in [7, 11) is 0. The summed E-state index contributed by atoms with van der Waals surface area (Å²) < 4.78 is 5.21. The lowest BCUT2D eigenvalue weighted by Crippen LogP contribution is -2.50. The second-order valence-electron chi connectivity index (χ2n) is 6.37. The minimum absolute atomic E-state index is 0.115. The third-order valence-electron chi connectivity index (χ3n) is 2.45. The van der Waals surface area contributed by atoms with Gasteiger partial charge in [0.2, 0.25) is 0 Å². The standard InChI is InChI=1S/C14H30N2O2S/c1-13(2,3)18-12(17)15-11-14(4,5)16-9-7-8-10-19-6/h16H,7-11H2,1-6H3,(H,15,17). The third-order valence-corrected chi connectivity index (χ3v) is 3.15. The summed E-state index contributed by atoms with van der Waals surface area (Å²) in [5.74, 6) is 1.21. The molecule has 0 aromatic carbocycles. The number of thioether (sulfide) groups is 1. The minimum Gasteiger partial charge on any atom is -0.444 e. The highest BCUT2D eigenvalue weighted by atomic mass is 32.2. The summed E-state index contributed by atoms with van der Waals surface area (Å²) in [6.45, 7) is 11.3.